The molecule has 0 aromatic heterocycles. The van der Waals surface area contributed by atoms with Crippen molar-refractivity contribution in [3.05, 3.63) is 61.3 Å². The summed E-state index contributed by atoms with van der Waals surface area (Å²) < 4.78 is 14.4. The van der Waals surface area contributed by atoms with Gasteiger partial charge in [-0.25, -0.2) is 4.39 Å². The quantitative estimate of drug-likeness (QED) is 0.567. The van der Waals surface area contributed by atoms with Crippen molar-refractivity contribution in [2.45, 2.75) is 13.0 Å². The molecule has 2 aromatic rings. The molecule has 0 aliphatic carbocycles. The lowest BCUT2D eigenvalue weighted by Gasteiger charge is -2.18. The Morgan fingerprint density at radius 3 is 2.45 bits per heavy atom. The summed E-state index contributed by atoms with van der Waals surface area (Å²) in [7, 11) is 0. The molecule has 2 rings (SSSR count). The Balaban J connectivity index is 2.28. The number of benzene rings is 2. The minimum Gasteiger partial charge on any atom is -0.378 e. The highest BCUT2D eigenvalue weighted by molar-refractivity contribution is 9.10. The molecule has 1 N–H and O–H groups in total. The van der Waals surface area contributed by atoms with E-state index in [0.29, 0.717) is 15.6 Å². The smallest absolute Gasteiger partial charge is 0.142 e. The zero-order valence-electron chi connectivity index (χ0n) is 10.4. The maximum absolute atomic E-state index is 13.5. The molecule has 0 heterocycles. The second kappa shape index (κ2) is 6.52. The van der Waals surface area contributed by atoms with E-state index in [1.54, 1.807) is 12.1 Å². The van der Waals surface area contributed by atoms with Crippen LogP contribution >= 0.6 is 50.7 Å². The van der Waals surface area contributed by atoms with Gasteiger partial charge in [0.2, 0.25) is 0 Å². The molecule has 1 nitrogen and oxygen atoms in total. The van der Waals surface area contributed by atoms with Gasteiger partial charge in [0.1, 0.15) is 5.82 Å². The molecule has 106 valence electrons. The van der Waals surface area contributed by atoms with Crippen LogP contribution < -0.4 is 5.32 Å². The maximum Gasteiger partial charge on any atom is 0.142 e. The number of anilines is 1. The van der Waals surface area contributed by atoms with E-state index in [0.717, 1.165) is 10.2 Å². The Bertz CT molecular complexity index is 649. The van der Waals surface area contributed by atoms with Crippen molar-refractivity contribution in [3.63, 3.8) is 0 Å². The van der Waals surface area contributed by atoms with Crippen molar-refractivity contribution in [1.29, 1.82) is 0 Å². The van der Waals surface area contributed by atoms with Crippen molar-refractivity contribution in [3.8, 4) is 0 Å². The second-order valence-electron chi connectivity index (χ2n) is 4.28. The molecular formula is C14H10BrCl3FN. The Hall–Kier alpha value is -0.480. The third-order valence-electron chi connectivity index (χ3n) is 2.81. The highest BCUT2D eigenvalue weighted by Gasteiger charge is 2.14. The number of hydrogen-bond donors (Lipinski definition) is 1. The second-order valence-corrected chi connectivity index (χ2v) is 6.38. The largest absolute Gasteiger partial charge is 0.378 e. The average Bonchev–Trinajstić information content (AvgIpc) is 2.37. The molecule has 1 atom stereocenters. The van der Waals surface area contributed by atoms with E-state index in [2.05, 4.69) is 21.2 Å². The predicted molar refractivity (Wildman–Crippen MR) is 87.6 cm³/mol. The lowest BCUT2D eigenvalue weighted by atomic mass is 10.1. The minimum absolute atomic E-state index is 0.0126. The monoisotopic (exact) mass is 395 g/mol. The van der Waals surface area contributed by atoms with Gasteiger partial charge in [0, 0.05) is 20.2 Å². The summed E-state index contributed by atoms with van der Waals surface area (Å²) >= 11 is 21.1. The molecule has 2 aromatic carbocycles. The standard InChI is InChI=1S/C14H10BrCl3FN/c1-7(9-5-13(19)12(18)6-11(9)17)20-14-3-2-8(16)4-10(14)15/h2-7,20H,1H3. The van der Waals surface area contributed by atoms with Crippen molar-refractivity contribution in [2.24, 2.45) is 0 Å². The van der Waals surface area contributed by atoms with E-state index >= 15 is 0 Å². The Kier molecular flexibility index (Phi) is 5.19. The van der Waals surface area contributed by atoms with Crippen LogP contribution in [0.1, 0.15) is 18.5 Å². The summed E-state index contributed by atoms with van der Waals surface area (Å²) in [5.41, 5.74) is 1.48. The van der Waals surface area contributed by atoms with Gasteiger partial charge in [0.25, 0.3) is 0 Å². The van der Waals surface area contributed by atoms with Gasteiger partial charge in [-0.05, 0) is 58.7 Å². The van der Waals surface area contributed by atoms with E-state index in [4.69, 9.17) is 34.8 Å². The van der Waals surface area contributed by atoms with Gasteiger partial charge in [-0.2, -0.15) is 0 Å². The molecule has 0 bridgehead atoms. The van der Waals surface area contributed by atoms with Gasteiger partial charge >= 0.3 is 0 Å². The van der Waals surface area contributed by atoms with Crippen molar-refractivity contribution < 1.29 is 4.39 Å². The molecular weight excluding hydrogens is 387 g/mol. The van der Waals surface area contributed by atoms with Crippen LogP contribution in [0, 0.1) is 5.82 Å². The first-order valence-corrected chi connectivity index (χ1v) is 7.67. The number of halogens is 5. The fraction of sp³-hybridized carbons (Fsp3) is 0.143. The minimum atomic E-state index is -0.491. The molecule has 0 saturated carbocycles. The fourth-order valence-corrected chi connectivity index (χ4v) is 3.13. The number of hydrogen-bond acceptors (Lipinski definition) is 1. The first-order chi connectivity index (χ1) is 9.38. The van der Waals surface area contributed by atoms with Crippen LogP contribution in [-0.4, -0.2) is 0 Å². The highest BCUT2D eigenvalue weighted by atomic mass is 79.9. The SMILES string of the molecule is CC(Nc1ccc(Cl)cc1Br)c1cc(F)c(Cl)cc1Cl. The molecule has 0 fully saturated rings. The topological polar surface area (TPSA) is 12.0 Å². The molecule has 0 aliphatic rings. The van der Waals surface area contributed by atoms with E-state index in [1.807, 2.05) is 13.0 Å². The zero-order chi connectivity index (χ0) is 14.9. The molecule has 1 unspecified atom stereocenters. The van der Waals surface area contributed by atoms with Gasteiger partial charge in [-0.15, -0.1) is 0 Å². The fourth-order valence-electron chi connectivity index (χ4n) is 1.79. The summed E-state index contributed by atoms with van der Waals surface area (Å²) in [4.78, 5) is 0. The first-order valence-electron chi connectivity index (χ1n) is 5.74. The van der Waals surface area contributed by atoms with Crippen molar-refractivity contribution >= 4 is 56.4 Å². The maximum atomic E-state index is 13.5. The van der Waals surface area contributed by atoms with E-state index in [1.165, 1.54) is 12.1 Å². The number of nitrogens with one attached hydrogen (secondary N) is 1. The van der Waals surface area contributed by atoms with Gasteiger partial charge < -0.3 is 5.32 Å². The summed E-state index contributed by atoms with van der Waals surface area (Å²) in [5.74, 6) is -0.491. The average molecular weight is 398 g/mol. The van der Waals surface area contributed by atoms with Gasteiger partial charge in [0.15, 0.2) is 0 Å². The molecule has 0 spiro atoms. The van der Waals surface area contributed by atoms with Crippen molar-refractivity contribution in [1.82, 2.24) is 0 Å². The van der Waals surface area contributed by atoms with Crippen LogP contribution in [0.15, 0.2) is 34.8 Å². The third kappa shape index (κ3) is 3.59. The summed E-state index contributed by atoms with van der Waals surface area (Å²) in [6, 6.07) is 7.94. The van der Waals surface area contributed by atoms with Crippen LogP contribution in [0.5, 0.6) is 0 Å². The van der Waals surface area contributed by atoms with Crippen LogP contribution in [0.3, 0.4) is 0 Å². The normalized spacial score (nSPS) is 12.3. The molecule has 20 heavy (non-hydrogen) atoms. The lowest BCUT2D eigenvalue weighted by Crippen LogP contribution is -2.08. The third-order valence-corrected chi connectivity index (χ3v) is 4.32. The molecule has 0 amide bonds. The lowest BCUT2D eigenvalue weighted by molar-refractivity contribution is 0.624. The zero-order valence-corrected chi connectivity index (χ0v) is 14.2. The van der Waals surface area contributed by atoms with Crippen LogP contribution in [0.4, 0.5) is 10.1 Å². The molecule has 6 heteroatoms. The summed E-state index contributed by atoms with van der Waals surface area (Å²) in [6.07, 6.45) is 0. The Morgan fingerprint density at radius 1 is 1.10 bits per heavy atom. The summed E-state index contributed by atoms with van der Waals surface area (Å²) in [6.45, 7) is 1.88. The van der Waals surface area contributed by atoms with Gasteiger partial charge in [0.05, 0.1) is 11.1 Å². The predicted octanol–water partition coefficient (Wildman–Crippen LogP) is 6.72. The van der Waals surface area contributed by atoms with Crippen LogP contribution in [-0.2, 0) is 0 Å². The molecule has 0 radical (unpaired) electrons. The van der Waals surface area contributed by atoms with Crippen molar-refractivity contribution in [2.75, 3.05) is 5.32 Å². The summed E-state index contributed by atoms with van der Waals surface area (Å²) in [5, 5.41) is 4.30. The van der Waals surface area contributed by atoms with E-state index in [9.17, 15) is 4.39 Å². The first kappa shape index (κ1) is 15.9. The Morgan fingerprint density at radius 2 is 1.80 bits per heavy atom. The van der Waals surface area contributed by atoms with Gasteiger partial charge in [-0.1, -0.05) is 34.8 Å². The Labute approximate surface area is 140 Å². The van der Waals surface area contributed by atoms with Gasteiger partial charge in [-0.3, -0.25) is 0 Å². The van der Waals surface area contributed by atoms with Crippen LogP contribution in [0.25, 0.3) is 0 Å². The van der Waals surface area contributed by atoms with E-state index in [-0.39, 0.29) is 11.1 Å². The van der Waals surface area contributed by atoms with Crippen LogP contribution in [0.2, 0.25) is 15.1 Å². The highest BCUT2D eigenvalue weighted by Crippen LogP contribution is 2.33. The molecule has 0 saturated heterocycles. The molecule has 0 aliphatic heterocycles. The number of rotatable bonds is 3. The van der Waals surface area contributed by atoms with E-state index < -0.39 is 5.82 Å².